The summed E-state index contributed by atoms with van der Waals surface area (Å²) < 4.78 is 40.1. The van der Waals surface area contributed by atoms with Crippen molar-refractivity contribution in [1.29, 1.82) is 0 Å². The van der Waals surface area contributed by atoms with Gasteiger partial charge in [-0.3, -0.25) is 4.79 Å². The Bertz CT molecular complexity index is 1600. The fraction of sp³-hybridized carbons (Fsp3) is 0.280. The SMILES string of the molecule is COc1ccc2cc(-c3oc4cc(C)oc(=O)c4c3CC(=O)NC3CCS(=O)(=O)C3)ccc2c1. The summed E-state index contributed by atoms with van der Waals surface area (Å²) in [4.78, 5) is 25.6. The van der Waals surface area contributed by atoms with Crippen LogP contribution in [0.1, 0.15) is 17.7 Å². The molecule has 4 aromatic rings. The zero-order valence-electron chi connectivity index (χ0n) is 18.7. The molecule has 1 N–H and O–H groups in total. The van der Waals surface area contributed by atoms with Gasteiger partial charge < -0.3 is 18.9 Å². The number of aryl methyl sites for hydroxylation is 1. The van der Waals surface area contributed by atoms with Gasteiger partial charge in [0.25, 0.3) is 0 Å². The molecule has 1 fully saturated rings. The lowest BCUT2D eigenvalue weighted by Crippen LogP contribution is -2.36. The van der Waals surface area contributed by atoms with E-state index in [2.05, 4.69) is 5.32 Å². The van der Waals surface area contributed by atoms with Gasteiger partial charge >= 0.3 is 5.63 Å². The van der Waals surface area contributed by atoms with Crippen LogP contribution in [-0.2, 0) is 21.1 Å². The van der Waals surface area contributed by atoms with Crippen molar-refractivity contribution in [2.45, 2.75) is 25.8 Å². The Kier molecular flexibility index (Phi) is 5.44. The average molecular weight is 482 g/mol. The van der Waals surface area contributed by atoms with Crippen molar-refractivity contribution in [3.63, 3.8) is 0 Å². The number of hydrogen-bond acceptors (Lipinski definition) is 7. The second-order valence-electron chi connectivity index (χ2n) is 8.57. The van der Waals surface area contributed by atoms with Gasteiger partial charge in [-0.2, -0.15) is 0 Å². The number of rotatable bonds is 5. The highest BCUT2D eigenvalue weighted by Gasteiger charge is 2.30. The number of furan rings is 1. The summed E-state index contributed by atoms with van der Waals surface area (Å²) in [5.74, 6) is 1.14. The molecular weight excluding hydrogens is 458 g/mol. The third kappa shape index (κ3) is 4.19. The number of amides is 1. The molecule has 1 atom stereocenters. The second-order valence-corrected chi connectivity index (χ2v) is 10.8. The molecule has 3 heterocycles. The van der Waals surface area contributed by atoms with E-state index in [0.29, 0.717) is 34.7 Å². The van der Waals surface area contributed by atoms with Crippen molar-refractivity contribution in [3.8, 4) is 17.1 Å². The number of nitrogens with one attached hydrogen (secondary N) is 1. The van der Waals surface area contributed by atoms with E-state index in [0.717, 1.165) is 16.5 Å². The van der Waals surface area contributed by atoms with Gasteiger partial charge in [0.1, 0.15) is 28.2 Å². The number of hydrogen-bond donors (Lipinski definition) is 1. The molecule has 1 saturated heterocycles. The standard InChI is InChI=1S/C25H23NO7S/c1-14-9-21-23(25(28)32-14)20(12-22(27)26-18-7-8-34(29,30)13-18)24(33-21)17-4-3-16-11-19(31-2)6-5-15(16)10-17/h3-6,9-11,18H,7-8,12-13H2,1-2H3,(H,26,27). The van der Waals surface area contributed by atoms with Gasteiger partial charge in [-0.05, 0) is 42.3 Å². The van der Waals surface area contributed by atoms with Crippen molar-refractivity contribution in [2.24, 2.45) is 0 Å². The van der Waals surface area contributed by atoms with Gasteiger partial charge in [-0.1, -0.05) is 18.2 Å². The smallest absolute Gasteiger partial charge is 0.347 e. The second kappa shape index (κ2) is 8.32. The van der Waals surface area contributed by atoms with Gasteiger partial charge in [0.05, 0.1) is 25.0 Å². The summed E-state index contributed by atoms with van der Waals surface area (Å²) in [6.45, 7) is 1.65. The number of sulfone groups is 1. The minimum Gasteiger partial charge on any atom is -0.497 e. The fourth-order valence-corrected chi connectivity index (χ4v) is 6.14. The van der Waals surface area contributed by atoms with Crippen LogP contribution in [0, 0.1) is 6.92 Å². The molecule has 0 spiro atoms. The van der Waals surface area contributed by atoms with Crippen LogP contribution in [0.2, 0.25) is 0 Å². The Hall–Kier alpha value is -3.59. The highest BCUT2D eigenvalue weighted by atomic mass is 32.2. The Morgan fingerprint density at radius 2 is 1.88 bits per heavy atom. The Morgan fingerprint density at radius 1 is 1.12 bits per heavy atom. The summed E-state index contributed by atoms with van der Waals surface area (Å²) in [7, 11) is -1.53. The van der Waals surface area contributed by atoms with Crippen LogP contribution in [0.4, 0.5) is 0 Å². The molecule has 1 unspecified atom stereocenters. The number of ether oxygens (including phenoxy) is 1. The number of carbonyl (C=O) groups is 1. The Balaban J connectivity index is 1.57. The lowest BCUT2D eigenvalue weighted by molar-refractivity contribution is -0.120. The highest BCUT2D eigenvalue weighted by Crippen LogP contribution is 2.35. The summed E-state index contributed by atoms with van der Waals surface area (Å²) in [5.41, 5.74) is 0.874. The first kappa shape index (κ1) is 22.2. The summed E-state index contributed by atoms with van der Waals surface area (Å²) in [6, 6.07) is 12.6. The van der Waals surface area contributed by atoms with Gasteiger partial charge in [0.2, 0.25) is 5.91 Å². The molecular formula is C25H23NO7S. The normalized spacial score (nSPS) is 17.3. The molecule has 5 rings (SSSR count). The third-order valence-electron chi connectivity index (χ3n) is 6.07. The van der Waals surface area contributed by atoms with E-state index >= 15 is 0 Å². The molecule has 1 amide bonds. The molecule has 0 radical (unpaired) electrons. The van der Waals surface area contributed by atoms with Crippen molar-refractivity contribution in [3.05, 3.63) is 64.2 Å². The highest BCUT2D eigenvalue weighted by molar-refractivity contribution is 7.91. The number of fused-ring (bicyclic) bond motifs is 2. The first-order valence-electron chi connectivity index (χ1n) is 10.9. The Labute approximate surface area is 195 Å². The molecule has 1 aliphatic rings. The quantitative estimate of drug-likeness (QED) is 0.465. The van der Waals surface area contributed by atoms with Crippen LogP contribution in [0.3, 0.4) is 0 Å². The third-order valence-corrected chi connectivity index (χ3v) is 7.84. The molecule has 2 aromatic heterocycles. The first-order chi connectivity index (χ1) is 16.2. The molecule has 1 aliphatic heterocycles. The van der Waals surface area contributed by atoms with Crippen LogP contribution in [0.15, 0.2) is 56.1 Å². The molecule has 2 aromatic carbocycles. The van der Waals surface area contributed by atoms with E-state index in [1.807, 2.05) is 36.4 Å². The first-order valence-corrected chi connectivity index (χ1v) is 12.7. The lowest BCUT2D eigenvalue weighted by atomic mass is 10.00. The molecule has 0 bridgehead atoms. The minimum absolute atomic E-state index is 0.0581. The molecule has 8 nitrogen and oxygen atoms in total. The maximum absolute atomic E-state index is 12.9. The monoisotopic (exact) mass is 481 g/mol. The molecule has 9 heteroatoms. The van der Waals surface area contributed by atoms with Crippen LogP contribution < -0.4 is 15.7 Å². The maximum atomic E-state index is 12.9. The Morgan fingerprint density at radius 3 is 2.62 bits per heavy atom. The lowest BCUT2D eigenvalue weighted by Gasteiger charge is -2.11. The van der Waals surface area contributed by atoms with E-state index in [-0.39, 0.29) is 29.2 Å². The fourth-order valence-electron chi connectivity index (χ4n) is 4.46. The van der Waals surface area contributed by atoms with Crippen molar-refractivity contribution in [1.82, 2.24) is 5.32 Å². The predicted octanol–water partition coefficient (Wildman–Crippen LogP) is 3.37. The zero-order valence-corrected chi connectivity index (χ0v) is 19.5. The summed E-state index contributed by atoms with van der Waals surface area (Å²) in [5, 5.41) is 4.90. The van der Waals surface area contributed by atoms with Crippen molar-refractivity contribution < 1.29 is 26.8 Å². The zero-order chi connectivity index (χ0) is 24.0. The van der Waals surface area contributed by atoms with Crippen molar-refractivity contribution >= 4 is 37.5 Å². The molecule has 34 heavy (non-hydrogen) atoms. The number of methoxy groups -OCH3 is 1. The van der Waals surface area contributed by atoms with Gasteiger partial charge in [-0.15, -0.1) is 0 Å². The average Bonchev–Trinajstić information content (AvgIpc) is 3.31. The number of carbonyl (C=O) groups excluding carboxylic acids is 1. The topological polar surface area (TPSA) is 116 Å². The molecule has 0 saturated carbocycles. The van der Waals surface area contributed by atoms with E-state index in [1.54, 1.807) is 20.1 Å². The summed E-state index contributed by atoms with van der Waals surface area (Å²) in [6.07, 6.45) is 0.232. The van der Waals surface area contributed by atoms with Crippen LogP contribution in [-0.4, -0.2) is 39.0 Å². The van der Waals surface area contributed by atoms with E-state index in [1.165, 1.54) is 0 Å². The molecule has 176 valence electrons. The van der Waals surface area contributed by atoms with E-state index in [4.69, 9.17) is 13.6 Å². The van der Waals surface area contributed by atoms with Gasteiger partial charge in [-0.25, -0.2) is 13.2 Å². The predicted molar refractivity (Wildman–Crippen MR) is 128 cm³/mol. The summed E-state index contributed by atoms with van der Waals surface area (Å²) >= 11 is 0. The van der Waals surface area contributed by atoms with Crippen LogP contribution in [0.5, 0.6) is 5.75 Å². The van der Waals surface area contributed by atoms with Crippen LogP contribution >= 0.6 is 0 Å². The number of benzene rings is 2. The van der Waals surface area contributed by atoms with Gasteiger partial charge in [0.15, 0.2) is 9.84 Å². The van der Waals surface area contributed by atoms with Crippen LogP contribution in [0.25, 0.3) is 33.1 Å². The van der Waals surface area contributed by atoms with Crippen molar-refractivity contribution in [2.75, 3.05) is 18.6 Å². The van der Waals surface area contributed by atoms with E-state index in [9.17, 15) is 18.0 Å². The minimum atomic E-state index is -3.13. The largest absolute Gasteiger partial charge is 0.497 e. The molecule has 0 aliphatic carbocycles. The maximum Gasteiger partial charge on any atom is 0.347 e. The van der Waals surface area contributed by atoms with Gasteiger partial charge in [0, 0.05) is 23.2 Å². The van der Waals surface area contributed by atoms with E-state index < -0.39 is 21.5 Å².